The van der Waals surface area contributed by atoms with Crippen molar-refractivity contribution in [1.82, 2.24) is 5.32 Å². The molecule has 6 nitrogen and oxygen atoms in total. The van der Waals surface area contributed by atoms with Crippen LogP contribution in [0, 0.1) is 0 Å². The van der Waals surface area contributed by atoms with Crippen LogP contribution in [0.5, 0.6) is 17.2 Å². The Labute approximate surface area is 188 Å². The second-order valence-corrected chi connectivity index (χ2v) is 8.54. The Kier molecular flexibility index (Phi) is 6.21. The van der Waals surface area contributed by atoms with Gasteiger partial charge in [-0.3, -0.25) is 9.59 Å². The van der Waals surface area contributed by atoms with Crippen LogP contribution in [0.15, 0.2) is 53.7 Å². The van der Waals surface area contributed by atoms with Gasteiger partial charge in [0.05, 0.1) is 20.3 Å². The summed E-state index contributed by atoms with van der Waals surface area (Å²) in [6.07, 6.45) is 1.33. The van der Waals surface area contributed by atoms with Crippen molar-refractivity contribution in [2.45, 2.75) is 51.0 Å². The van der Waals surface area contributed by atoms with Crippen LogP contribution >= 0.6 is 0 Å². The second-order valence-electron chi connectivity index (χ2n) is 8.54. The van der Waals surface area contributed by atoms with E-state index in [2.05, 4.69) is 5.32 Å². The molecule has 2 atom stereocenters. The minimum Gasteiger partial charge on any atom is -0.493 e. The number of para-hydroxylation sites is 1. The van der Waals surface area contributed by atoms with Gasteiger partial charge in [0, 0.05) is 35.6 Å². The maximum Gasteiger partial charge on any atom is 0.225 e. The fraction of sp³-hybridized carbons (Fsp3) is 0.385. The Morgan fingerprint density at radius 1 is 0.938 bits per heavy atom. The van der Waals surface area contributed by atoms with Crippen molar-refractivity contribution < 1.29 is 23.8 Å². The number of carbonyl (C=O) groups is 2. The highest BCUT2D eigenvalue weighted by atomic mass is 16.5. The highest BCUT2D eigenvalue weighted by molar-refractivity contribution is 6.02. The summed E-state index contributed by atoms with van der Waals surface area (Å²) in [5, 5.41) is 2.97. The molecule has 168 valence electrons. The summed E-state index contributed by atoms with van der Waals surface area (Å²) in [5.74, 6) is 1.60. The number of benzene rings is 2. The average molecular weight is 436 g/mol. The molecule has 1 amide bonds. The van der Waals surface area contributed by atoms with E-state index in [0.29, 0.717) is 29.9 Å². The molecule has 0 saturated carbocycles. The number of carbonyl (C=O) groups excluding carboxylic acids is 2. The van der Waals surface area contributed by atoms with Gasteiger partial charge >= 0.3 is 0 Å². The van der Waals surface area contributed by atoms with E-state index in [1.54, 1.807) is 14.2 Å². The summed E-state index contributed by atoms with van der Waals surface area (Å²) >= 11 is 0. The first-order valence-electron chi connectivity index (χ1n) is 10.9. The number of hydrogen-bond acceptors (Lipinski definition) is 5. The third-order valence-electron chi connectivity index (χ3n) is 6.07. The van der Waals surface area contributed by atoms with E-state index in [1.165, 1.54) is 0 Å². The molecule has 0 aromatic heterocycles. The predicted octanol–water partition coefficient (Wildman–Crippen LogP) is 4.50. The molecule has 0 bridgehead atoms. The number of methoxy groups -OCH3 is 2. The van der Waals surface area contributed by atoms with Crippen LogP contribution in [0.3, 0.4) is 0 Å². The van der Waals surface area contributed by atoms with Gasteiger partial charge in [0.2, 0.25) is 5.91 Å². The van der Waals surface area contributed by atoms with Gasteiger partial charge < -0.3 is 19.5 Å². The molecule has 32 heavy (non-hydrogen) atoms. The zero-order chi connectivity index (χ0) is 22.8. The number of amides is 1. The third kappa shape index (κ3) is 4.22. The maximum atomic E-state index is 13.4. The van der Waals surface area contributed by atoms with E-state index in [1.807, 2.05) is 56.3 Å². The number of ketones is 1. The molecule has 0 fully saturated rings. The lowest BCUT2D eigenvalue weighted by Gasteiger charge is -2.35. The number of allylic oxidation sites excluding steroid dienone is 2. The van der Waals surface area contributed by atoms with Gasteiger partial charge in [-0.1, -0.05) is 24.3 Å². The fourth-order valence-corrected chi connectivity index (χ4v) is 4.74. The lowest BCUT2D eigenvalue weighted by molar-refractivity contribution is -0.122. The van der Waals surface area contributed by atoms with Crippen LogP contribution in [0.4, 0.5) is 0 Å². The fourth-order valence-electron chi connectivity index (χ4n) is 4.74. The van der Waals surface area contributed by atoms with Gasteiger partial charge in [-0.05, 0) is 49.9 Å². The Bertz CT molecular complexity index is 1050. The lowest BCUT2D eigenvalue weighted by atomic mass is 9.73. The van der Waals surface area contributed by atoms with Crippen molar-refractivity contribution in [2.24, 2.45) is 0 Å². The van der Waals surface area contributed by atoms with Crippen molar-refractivity contribution in [1.29, 1.82) is 0 Å². The summed E-state index contributed by atoms with van der Waals surface area (Å²) in [4.78, 5) is 26.0. The minimum absolute atomic E-state index is 0.0144. The molecule has 2 aromatic rings. The zero-order valence-corrected chi connectivity index (χ0v) is 18.9. The highest BCUT2D eigenvalue weighted by Gasteiger charge is 2.39. The molecule has 2 aromatic carbocycles. The van der Waals surface area contributed by atoms with Crippen LogP contribution in [0.2, 0.25) is 0 Å². The molecule has 1 aliphatic heterocycles. The summed E-state index contributed by atoms with van der Waals surface area (Å²) in [6.45, 7) is 3.97. The van der Waals surface area contributed by atoms with E-state index in [4.69, 9.17) is 14.2 Å². The molecule has 0 spiro atoms. The standard InChI is InChI=1S/C26H29NO5/c1-15(2)32-18-10-8-16(9-11-18)17-12-21-25(22(28)13-17)20(14-24(29)27-21)19-6-5-7-23(30-3)26(19)31-4/h5-11,15,17,20H,12-14H2,1-4H3,(H,27,29)/t17-,20-/m1/s1. The average Bonchev–Trinajstić information content (AvgIpc) is 2.77. The third-order valence-corrected chi connectivity index (χ3v) is 6.07. The highest BCUT2D eigenvalue weighted by Crippen LogP contribution is 2.46. The molecule has 0 radical (unpaired) electrons. The van der Waals surface area contributed by atoms with Crippen LogP contribution in [0.25, 0.3) is 0 Å². The van der Waals surface area contributed by atoms with E-state index < -0.39 is 0 Å². The van der Waals surface area contributed by atoms with Gasteiger partial charge in [-0.15, -0.1) is 0 Å². The molecule has 0 unspecified atom stereocenters. The number of rotatable bonds is 6. The molecular weight excluding hydrogens is 406 g/mol. The molecule has 6 heteroatoms. The van der Waals surface area contributed by atoms with Gasteiger partial charge in [-0.2, -0.15) is 0 Å². The van der Waals surface area contributed by atoms with Crippen molar-refractivity contribution in [3.8, 4) is 17.2 Å². The number of Topliss-reactive ketones (excluding diaryl/α,β-unsaturated/α-hetero) is 1. The normalized spacial score (nSPS) is 20.7. The van der Waals surface area contributed by atoms with Gasteiger partial charge in [0.25, 0.3) is 0 Å². The van der Waals surface area contributed by atoms with Crippen molar-refractivity contribution >= 4 is 11.7 Å². The smallest absolute Gasteiger partial charge is 0.225 e. The monoisotopic (exact) mass is 435 g/mol. The van der Waals surface area contributed by atoms with E-state index in [-0.39, 0.29) is 36.1 Å². The Morgan fingerprint density at radius 2 is 1.69 bits per heavy atom. The van der Waals surface area contributed by atoms with Crippen LogP contribution < -0.4 is 19.5 Å². The topological polar surface area (TPSA) is 73.9 Å². The molecule has 1 N–H and O–H groups in total. The first kappa shape index (κ1) is 21.9. The summed E-state index contributed by atoms with van der Waals surface area (Å²) in [5.41, 5.74) is 3.28. The molecule has 1 heterocycles. The lowest BCUT2D eigenvalue weighted by Crippen LogP contribution is -2.38. The first-order valence-corrected chi connectivity index (χ1v) is 10.9. The van der Waals surface area contributed by atoms with E-state index in [0.717, 1.165) is 22.6 Å². The van der Waals surface area contributed by atoms with Gasteiger partial charge in [-0.25, -0.2) is 0 Å². The quantitative estimate of drug-likeness (QED) is 0.723. The number of hydrogen-bond donors (Lipinski definition) is 1. The Morgan fingerprint density at radius 3 is 2.34 bits per heavy atom. The zero-order valence-electron chi connectivity index (χ0n) is 18.9. The number of nitrogens with one attached hydrogen (secondary N) is 1. The summed E-state index contributed by atoms with van der Waals surface area (Å²) in [6, 6.07) is 13.5. The van der Waals surface area contributed by atoms with Gasteiger partial charge in [0.15, 0.2) is 17.3 Å². The Hall–Kier alpha value is -3.28. The summed E-state index contributed by atoms with van der Waals surface area (Å²) in [7, 11) is 3.15. The van der Waals surface area contributed by atoms with Crippen LogP contribution in [0.1, 0.15) is 56.1 Å². The summed E-state index contributed by atoms with van der Waals surface area (Å²) < 4.78 is 16.8. The van der Waals surface area contributed by atoms with Gasteiger partial charge in [0.1, 0.15) is 5.75 Å². The van der Waals surface area contributed by atoms with Crippen LogP contribution in [-0.4, -0.2) is 32.0 Å². The minimum atomic E-state index is -0.348. The van der Waals surface area contributed by atoms with Crippen LogP contribution in [-0.2, 0) is 9.59 Å². The molecule has 1 aliphatic carbocycles. The number of ether oxygens (including phenoxy) is 3. The Balaban J connectivity index is 1.67. The van der Waals surface area contributed by atoms with Crippen molar-refractivity contribution in [3.05, 3.63) is 64.9 Å². The van der Waals surface area contributed by atoms with Crippen molar-refractivity contribution in [2.75, 3.05) is 14.2 Å². The van der Waals surface area contributed by atoms with E-state index in [9.17, 15) is 9.59 Å². The van der Waals surface area contributed by atoms with Crippen molar-refractivity contribution in [3.63, 3.8) is 0 Å². The molecule has 4 rings (SSSR count). The van der Waals surface area contributed by atoms with E-state index >= 15 is 0 Å². The predicted molar refractivity (Wildman–Crippen MR) is 121 cm³/mol. The SMILES string of the molecule is COc1cccc([C@H]2CC(=O)NC3=C2C(=O)C[C@H](c2ccc(OC(C)C)cc2)C3)c1OC. The molecule has 0 saturated heterocycles. The second kappa shape index (κ2) is 9.07. The maximum absolute atomic E-state index is 13.4. The molecule has 2 aliphatic rings. The largest absolute Gasteiger partial charge is 0.493 e. The molecular formula is C26H29NO5. The first-order chi connectivity index (χ1) is 15.4.